The minimum atomic E-state index is 0.00940. The highest BCUT2D eigenvalue weighted by molar-refractivity contribution is 5.78. The summed E-state index contributed by atoms with van der Waals surface area (Å²) in [6.45, 7) is 5.79. The lowest BCUT2D eigenvalue weighted by molar-refractivity contribution is -0.121. The van der Waals surface area contributed by atoms with Crippen molar-refractivity contribution in [3.63, 3.8) is 0 Å². The van der Waals surface area contributed by atoms with E-state index in [0.29, 0.717) is 19.2 Å². The Morgan fingerprint density at radius 2 is 1.94 bits per heavy atom. The van der Waals surface area contributed by atoms with Crippen molar-refractivity contribution in [3.05, 3.63) is 0 Å². The van der Waals surface area contributed by atoms with Crippen LogP contribution in [0.15, 0.2) is 0 Å². The molecule has 0 aliphatic rings. The summed E-state index contributed by atoms with van der Waals surface area (Å²) < 4.78 is 4.94. The monoisotopic (exact) mass is 231 g/mol. The molecule has 0 radical (unpaired) electrons. The van der Waals surface area contributed by atoms with E-state index in [1.165, 1.54) is 0 Å². The van der Waals surface area contributed by atoms with Crippen molar-refractivity contribution in [2.75, 3.05) is 40.9 Å². The summed E-state index contributed by atoms with van der Waals surface area (Å²) in [5, 5.41) is 6.02. The van der Waals surface area contributed by atoms with Crippen LogP contribution >= 0.6 is 0 Å². The first-order valence-electron chi connectivity index (χ1n) is 5.62. The Morgan fingerprint density at radius 3 is 2.44 bits per heavy atom. The fourth-order valence-electron chi connectivity index (χ4n) is 1.50. The average molecular weight is 231 g/mol. The van der Waals surface area contributed by atoms with Crippen LogP contribution in [-0.2, 0) is 9.53 Å². The number of carbonyl (C=O) groups excluding carboxylic acids is 1. The molecule has 0 saturated carbocycles. The van der Waals surface area contributed by atoms with Gasteiger partial charge in [0.25, 0.3) is 0 Å². The second-order valence-corrected chi connectivity index (χ2v) is 4.47. The third-order valence-electron chi connectivity index (χ3n) is 2.07. The van der Waals surface area contributed by atoms with Crippen molar-refractivity contribution in [1.29, 1.82) is 0 Å². The fourth-order valence-corrected chi connectivity index (χ4v) is 1.50. The average Bonchev–Trinajstić information content (AvgIpc) is 2.14. The number of amides is 1. The van der Waals surface area contributed by atoms with Crippen LogP contribution in [-0.4, -0.2) is 63.8 Å². The van der Waals surface area contributed by atoms with Crippen molar-refractivity contribution in [1.82, 2.24) is 15.5 Å². The van der Waals surface area contributed by atoms with Gasteiger partial charge in [0.05, 0.1) is 13.2 Å². The van der Waals surface area contributed by atoms with Gasteiger partial charge in [0, 0.05) is 25.7 Å². The summed E-state index contributed by atoms with van der Waals surface area (Å²) in [6.07, 6.45) is 0. The van der Waals surface area contributed by atoms with Crippen molar-refractivity contribution < 1.29 is 9.53 Å². The minimum Gasteiger partial charge on any atom is -0.383 e. The number of carbonyl (C=O) groups is 1. The normalized spacial score (nSPS) is 14.9. The first-order valence-corrected chi connectivity index (χ1v) is 5.62. The van der Waals surface area contributed by atoms with E-state index >= 15 is 0 Å². The number of hydrogen-bond acceptors (Lipinski definition) is 4. The van der Waals surface area contributed by atoms with Crippen molar-refractivity contribution >= 4 is 5.91 Å². The highest BCUT2D eigenvalue weighted by atomic mass is 16.5. The lowest BCUT2D eigenvalue weighted by Gasteiger charge is -2.19. The molecular formula is C11H25N3O2. The first kappa shape index (κ1) is 15.3. The van der Waals surface area contributed by atoms with Gasteiger partial charge < -0.3 is 20.3 Å². The summed E-state index contributed by atoms with van der Waals surface area (Å²) in [5.41, 5.74) is 0. The molecule has 5 nitrogen and oxygen atoms in total. The van der Waals surface area contributed by atoms with Crippen LogP contribution in [0.2, 0.25) is 0 Å². The van der Waals surface area contributed by atoms with Gasteiger partial charge in [-0.1, -0.05) is 0 Å². The fraction of sp³-hybridized carbons (Fsp3) is 0.909. The van der Waals surface area contributed by atoms with Gasteiger partial charge in [-0.15, -0.1) is 0 Å². The van der Waals surface area contributed by atoms with Crippen LogP contribution in [0.3, 0.4) is 0 Å². The molecule has 16 heavy (non-hydrogen) atoms. The van der Waals surface area contributed by atoms with Crippen LogP contribution in [0.5, 0.6) is 0 Å². The van der Waals surface area contributed by atoms with E-state index in [1.807, 2.05) is 21.0 Å². The smallest absolute Gasteiger partial charge is 0.234 e. The molecule has 0 fully saturated rings. The number of rotatable bonds is 8. The highest BCUT2D eigenvalue weighted by Gasteiger charge is 2.08. The van der Waals surface area contributed by atoms with Crippen LogP contribution in [0, 0.1) is 0 Å². The maximum atomic E-state index is 11.5. The van der Waals surface area contributed by atoms with Crippen LogP contribution in [0.4, 0.5) is 0 Å². The van der Waals surface area contributed by atoms with Gasteiger partial charge in [0.1, 0.15) is 0 Å². The molecular weight excluding hydrogens is 206 g/mol. The number of nitrogens with zero attached hydrogens (tertiary/aromatic N) is 1. The molecule has 0 aromatic heterocycles. The van der Waals surface area contributed by atoms with Gasteiger partial charge in [0.15, 0.2) is 0 Å². The Kier molecular flexibility index (Phi) is 8.15. The predicted molar refractivity (Wildman–Crippen MR) is 65.5 cm³/mol. The Bertz CT molecular complexity index is 198. The third kappa shape index (κ3) is 8.64. The Hall–Kier alpha value is -0.650. The molecule has 0 rings (SSSR count). The second kappa shape index (κ2) is 8.50. The third-order valence-corrected chi connectivity index (χ3v) is 2.07. The molecule has 0 saturated heterocycles. The zero-order valence-electron chi connectivity index (χ0n) is 11.0. The van der Waals surface area contributed by atoms with E-state index < -0.39 is 0 Å². The number of ether oxygens (including phenoxy) is 1. The van der Waals surface area contributed by atoms with Crippen molar-refractivity contribution in [2.24, 2.45) is 0 Å². The topological polar surface area (TPSA) is 53.6 Å². The number of methoxy groups -OCH3 is 1. The molecule has 0 aliphatic carbocycles. The van der Waals surface area contributed by atoms with Crippen LogP contribution in [0.1, 0.15) is 13.8 Å². The Labute approximate surface area is 98.5 Å². The number of likely N-dealkylation sites (N-methyl/N-ethyl adjacent to an activating group) is 1. The van der Waals surface area contributed by atoms with Gasteiger partial charge in [-0.3, -0.25) is 4.79 Å². The molecule has 96 valence electrons. The number of nitrogens with one attached hydrogen (secondary N) is 2. The van der Waals surface area contributed by atoms with E-state index in [4.69, 9.17) is 4.74 Å². The van der Waals surface area contributed by atoms with E-state index in [1.54, 1.807) is 7.11 Å². The SMILES string of the molecule is COCC(C)NC(=O)CNC(C)CN(C)C. The maximum Gasteiger partial charge on any atom is 0.234 e. The van der Waals surface area contributed by atoms with E-state index in [0.717, 1.165) is 6.54 Å². The standard InChI is InChI=1S/C11H25N3O2/c1-9(7-14(3)4)12-6-11(15)13-10(2)8-16-5/h9-10,12H,6-8H2,1-5H3,(H,13,15). The molecule has 0 aromatic rings. The molecule has 0 heterocycles. The molecule has 1 amide bonds. The maximum absolute atomic E-state index is 11.5. The highest BCUT2D eigenvalue weighted by Crippen LogP contribution is 1.85. The Morgan fingerprint density at radius 1 is 1.31 bits per heavy atom. The first-order chi connectivity index (χ1) is 7.45. The van der Waals surface area contributed by atoms with Gasteiger partial charge in [-0.25, -0.2) is 0 Å². The molecule has 5 heteroatoms. The molecule has 0 aliphatic heterocycles. The van der Waals surface area contributed by atoms with Crippen molar-refractivity contribution in [2.45, 2.75) is 25.9 Å². The molecule has 2 unspecified atom stereocenters. The van der Waals surface area contributed by atoms with Crippen molar-refractivity contribution in [3.8, 4) is 0 Å². The molecule has 2 atom stereocenters. The van der Waals surface area contributed by atoms with Gasteiger partial charge >= 0.3 is 0 Å². The molecule has 0 spiro atoms. The molecule has 0 aromatic carbocycles. The summed E-state index contributed by atoms with van der Waals surface area (Å²) in [5.74, 6) is 0.00940. The van der Waals surface area contributed by atoms with Gasteiger partial charge in [-0.2, -0.15) is 0 Å². The number of hydrogen-bond donors (Lipinski definition) is 2. The van der Waals surface area contributed by atoms with E-state index in [2.05, 4.69) is 22.5 Å². The molecule has 0 bridgehead atoms. The van der Waals surface area contributed by atoms with Gasteiger partial charge in [-0.05, 0) is 27.9 Å². The summed E-state index contributed by atoms with van der Waals surface area (Å²) in [7, 11) is 5.65. The summed E-state index contributed by atoms with van der Waals surface area (Å²) in [4.78, 5) is 13.6. The predicted octanol–water partition coefficient (Wildman–Crippen LogP) is -0.323. The van der Waals surface area contributed by atoms with E-state index in [9.17, 15) is 4.79 Å². The van der Waals surface area contributed by atoms with Crippen LogP contribution in [0.25, 0.3) is 0 Å². The van der Waals surface area contributed by atoms with E-state index in [-0.39, 0.29) is 11.9 Å². The van der Waals surface area contributed by atoms with Gasteiger partial charge in [0.2, 0.25) is 5.91 Å². The summed E-state index contributed by atoms with van der Waals surface area (Å²) in [6, 6.07) is 0.363. The zero-order chi connectivity index (χ0) is 12.6. The molecule has 2 N–H and O–H groups in total. The second-order valence-electron chi connectivity index (χ2n) is 4.47. The Balaban J connectivity index is 3.64. The van der Waals surface area contributed by atoms with Crippen LogP contribution < -0.4 is 10.6 Å². The quantitative estimate of drug-likeness (QED) is 0.601. The lowest BCUT2D eigenvalue weighted by Crippen LogP contribution is -2.45. The summed E-state index contributed by atoms with van der Waals surface area (Å²) >= 11 is 0. The largest absolute Gasteiger partial charge is 0.383 e. The minimum absolute atomic E-state index is 0.00940. The lowest BCUT2D eigenvalue weighted by atomic mass is 10.3. The zero-order valence-corrected chi connectivity index (χ0v) is 11.0.